The minimum atomic E-state index is -0.769. The summed E-state index contributed by atoms with van der Waals surface area (Å²) in [6.07, 6.45) is 0. The molecule has 0 heterocycles. The molecule has 0 aromatic rings. The Kier molecular flexibility index (Phi) is 3.05. The highest BCUT2D eigenvalue weighted by Gasteiger charge is 2.13. The molecule has 0 atom stereocenters. The fourth-order valence-electron chi connectivity index (χ4n) is 0.268. The summed E-state index contributed by atoms with van der Waals surface area (Å²) >= 11 is 0. The average molecular weight is 119 g/mol. The monoisotopic (exact) mass is 119 g/mol. The summed E-state index contributed by atoms with van der Waals surface area (Å²) in [5.74, 6) is 0. The minimum absolute atomic E-state index is 0.0174. The lowest BCUT2D eigenvalue weighted by Crippen LogP contribution is -2.35. The molecule has 5 nitrogen and oxygen atoms in total. The van der Waals surface area contributed by atoms with Crippen LogP contribution in [0.15, 0.2) is 0 Å². The molecule has 48 valence electrons. The Morgan fingerprint density at radius 3 is 1.88 bits per heavy atom. The van der Waals surface area contributed by atoms with E-state index in [-0.39, 0.29) is 13.1 Å². The Bertz CT molecular complexity index is 80.6. The van der Waals surface area contributed by atoms with Crippen molar-refractivity contribution >= 4 is 0 Å². The summed E-state index contributed by atoms with van der Waals surface area (Å²) in [7, 11) is 0. The maximum atomic E-state index is 9.81. The third-order valence-electron chi connectivity index (χ3n) is 0.842. The molecule has 0 aromatic heterocycles. The van der Waals surface area contributed by atoms with Crippen molar-refractivity contribution in [2.45, 2.75) is 6.04 Å². The van der Waals surface area contributed by atoms with Crippen LogP contribution in [0.2, 0.25) is 0 Å². The number of rotatable bonds is 3. The van der Waals surface area contributed by atoms with Crippen molar-refractivity contribution < 1.29 is 4.92 Å². The molecule has 0 bridgehead atoms. The molecule has 0 radical (unpaired) electrons. The van der Waals surface area contributed by atoms with Crippen molar-refractivity contribution in [3.8, 4) is 0 Å². The van der Waals surface area contributed by atoms with Gasteiger partial charge in [-0.15, -0.1) is 0 Å². The molecule has 0 rings (SSSR count). The summed E-state index contributed by atoms with van der Waals surface area (Å²) in [4.78, 5) is 9.33. The van der Waals surface area contributed by atoms with Crippen molar-refractivity contribution in [3.05, 3.63) is 10.1 Å². The summed E-state index contributed by atoms with van der Waals surface area (Å²) in [5, 5.41) is 9.81. The first-order chi connectivity index (χ1) is 3.72. The van der Waals surface area contributed by atoms with E-state index in [2.05, 4.69) is 0 Å². The second kappa shape index (κ2) is 3.34. The lowest BCUT2D eigenvalue weighted by Gasteiger charge is -2.00. The van der Waals surface area contributed by atoms with Gasteiger partial charge >= 0.3 is 0 Å². The van der Waals surface area contributed by atoms with Gasteiger partial charge in [0.05, 0.1) is 13.1 Å². The third-order valence-corrected chi connectivity index (χ3v) is 0.842. The van der Waals surface area contributed by atoms with Crippen LogP contribution in [-0.2, 0) is 0 Å². The Hall–Kier alpha value is -0.680. The zero-order valence-electron chi connectivity index (χ0n) is 4.41. The van der Waals surface area contributed by atoms with Gasteiger partial charge in [0.2, 0.25) is 6.04 Å². The molecule has 0 unspecified atom stereocenters. The molecule has 0 saturated heterocycles. The lowest BCUT2D eigenvalue weighted by molar-refractivity contribution is -0.516. The van der Waals surface area contributed by atoms with Gasteiger partial charge in [-0.3, -0.25) is 10.1 Å². The van der Waals surface area contributed by atoms with Crippen LogP contribution in [0, 0.1) is 10.1 Å². The molecule has 4 N–H and O–H groups in total. The maximum absolute atomic E-state index is 9.81. The molecule has 0 amide bonds. The minimum Gasteiger partial charge on any atom is -0.324 e. The van der Waals surface area contributed by atoms with E-state index in [1.807, 2.05) is 0 Å². The predicted octanol–water partition coefficient (Wildman–Crippen LogP) is -1.45. The van der Waals surface area contributed by atoms with Crippen molar-refractivity contribution in [1.29, 1.82) is 0 Å². The topological polar surface area (TPSA) is 95.2 Å². The van der Waals surface area contributed by atoms with E-state index in [4.69, 9.17) is 11.5 Å². The smallest absolute Gasteiger partial charge is 0.237 e. The van der Waals surface area contributed by atoms with Crippen LogP contribution < -0.4 is 11.5 Å². The Labute approximate surface area is 46.8 Å². The number of nitrogens with two attached hydrogens (primary N) is 2. The van der Waals surface area contributed by atoms with Crippen LogP contribution in [0.5, 0.6) is 0 Å². The van der Waals surface area contributed by atoms with Gasteiger partial charge in [-0.05, 0) is 0 Å². The fourth-order valence-corrected chi connectivity index (χ4v) is 0.268. The molecule has 5 heteroatoms. The molecule has 0 fully saturated rings. The highest BCUT2D eigenvalue weighted by molar-refractivity contribution is 4.55. The molecule has 0 spiro atoms. The van der Waals surface area contributed by atoms with Gasteiger partial charge in [-0.1, -0.05) is 0 Å². The van der Waals surface area contributed by atoms with Crippen molar-refractivity contribution in [2.24, 2.45) is 11.5 Å². The van der Waals surface area contributed by atoms with E-state index in [1.165, 1.54) is 0 Å². The molecule has 0 aliphatic heterocycles. The normalized spacial score (nSPS) is 9.88. The third kappa shape index (κ3) is 1.85. The van der Waals surface area contributed by atoms with Crippen LogP contribution in [-0.4, -0.2) is 24.1 Å². The van der Waals surface area contributed by atoms with Gasteiger partial charge in [0.15, 0.2) is 0 Å². The van der Waals surface area contributed by atoms with Gasteiger partial charge in [0.1, 0.15) is 0 Å². The first kappa shape index (κ1) is 7.32. The van der Waals surface area contributed by atoms with E-state index in [1.54, 1.807) is 0 Å². The average Bonchev–Trinajstić information content (AvgIpc) is 1.69. The molecule has 0 aromatic carbocycles. The molecule has 0 aliphatic rings. The van der Waals surface area contributed by atoms with E-state index >= 15 is 0 Å². The maximum Gasteiger partial charge on any atom is 0.237 e. The quantitative estimate of drug-likeness (QED) is 0.351. The second-order valence-corrected chi connectivity index (χ2v) is 1.41. The van der Waals surface area contributed by atoms with E-state index in [9.17, 15) is 10.1 Å². The van der Waals surface area contributed by atoms with Crippen LogP contribution in [0.4, 0.5) is 0 Å². The summed E-state index contributed by atoms with van der Waals surface area (Å²) in [5.41, 5.74) is 9.93. The Morgan fingerprint density at radius 1 is 1.50 bits per heavy atom. The molecule has 0 saturated carbocycles. The molecule has 8 heavy (non-hydrogen) atoms. The second-order valence-electron chi connectivity index (χ2n) is 1.41. The van der Waals surface area contributed by atoms with Gasteiger partial charge in [-0.2, -0.15) is 0 Å². The zero-order valence-corrected chi connectivity index (χ0v) is 4.41. The van der Waals surface area contributed by atoms with Crippen molar-refractivity contribution in [3.63, 3.8) is 0 Å². The Morgan fingerprint density at radius 2 is 1.88 bits per heavy atom. The zero-order chi connectivity index (χ0) is 6.57. The number of hydrogen-bond donors (Lipinski definition) is 2. The largest absolute Gasteiger partial charge is 0.324 e. The standard InChI is InChI=1S/C3H9N3O2/c4-1-3(2-5)6(7)8/h3H,1-2,4-5H2. The van der Waals surface area contributed by atoms with E-state index in [0.717, 1.165) is 0 Å². The SMILES string of the molecule is NCC(CN)[N+](=O)[O-]. The molecular weight excluding hydrogens is 110 g/mol. The van der Waals surface area contributed by atoms with Crippen molar-refractivity contribution in [1.82, 2.24) is 0 Å². The number of hydrogen-bond acceptors (Lipinski definition) is 4. The van der Waals surface area contributed by atoms with Gasteiger partial charge in [0.25, 0.3) is 0 Å². The van der Waals surface area contributed by atoms with Crippen molar-refractivity contribution in [2.75, 3.05) is 13.1 Å². The van der Waals surface area contributed by atoms with Crippen LogP contribution >= 0.6 is 0 Å². The van der Waals surface area contributed by atoms with Crippen LogP contribution in [0.3, 0.4) is 0 Å². The summed E-state index contributed by atoms with van der Waals surface area (Å²) < 4.78 is 0. The summed E-state index contributed by atoms with van der Waals surface area (Å²) in [6.45, 7) is 0.0347. The number of nitrogens with zero attached hydrogens (tertiary/aromatic N) is 1. The lowest BCUT2D eigenvalue weighted by atomic mass is 10.3. The number of nitro groups is 1. The fraction of sp³-hybridized carbons (Fsp3) is 1.00. The predicted molar refractivity (Wildman–Crippen MR) is 28.9 cm³/mol. The van der Waals surface area contributed by atoms with Crippen LogP contribution in [0.25, 0.3) is 0 Å². The Balaban J connectivity index is 3.52. The highest BCUT2D eigenvalue weighted by Crippen LogP contribution is 1.80. The molecule has 0 aliphatic carbocycles. The van der Waals surface area contributed by atoms with Gasteiger partial charge < -0.3 is 11.5 Å². The van der Waals surface area contributed by atoms with Crippen LogP contribution in [0.1, 0.15) is 0 Å². The van der Waals surface area contributed by atoms with Gasteiger partial charge in [-0.25, -0.2) is 0 Å². The first-order valence-corrected chi connectivity index (χ1v) is 2.26. The summed E-state index contributed by atoms with van der Waals surface area (Å²) in [6, 6.07) is -0.769. The van der Waals surface area contributed by atoms with Gasteiger partial charge in [0, 0.05) is 4.92 Å². The van der Waals surface area contributed by atoms with E-state index in [0.29, 0.717) is 0 Å². The highest BCUT2D eigenvalue weighted by atomic mass is 16.6. The van der Waals surface area contributed by atoms with E-state index < -0.39 is 11.0 Å². The molecular formula is C3H9N3O2. The first-order valence-electron chi connectivity index (χ1n) is 2.26.